The van der Waals surface area contributed by atoms with Gasteiger partial charge in [-0.25, -0.2) is 4.68 Å². The fourth-order valence-electron chi connectivity index (χ4n) is 2.05. The van der Waals surface area contributed by atoms with E-state index in [1.807, 2.05) is 42.5 Å². The molecule has 3 aromatic rings. The molecule has 1 aromatic heterocycles. The predicted octanol–water partition coefficient (Wildman–Crippen LogP) is 3.39. The minimum Gasteiger partial charge on any atom is -0.399 e. The second-order valence-corrected chi connectivity index (χ2v) is 5.85. The lowest BCUT2D eigenvalue weighted by Crippen LogP contribution is -2.05. The number of hydrogen-bond donors (Lipinski definition) is 1. The van der Waals surface area contributed by atoms with E-state index in [0.29, 0.717) is 23.1 Å². The molecule has 0 fully saturated rings. The van der Waals surface area contributed by atoms with Gasteiger partial charge in [-0.05, 0) is 40.3 Å². The molecule has 0 radical (unpaired) electrons. The summed E-state index contributed by atoms with van der Waals surface area (Å²) < 4.78 is 2.58. The Balaban J connectivity index is 1.99. The van der Waals surface area contributed by atoms with Crippen LogP contribution in [0.15, 0.2) is 46.9 Å². The number of nitrogen functional groups attached to an aromatic ring is 1. The van der Waals surface area contributed by atoms with Gasteiger partial charge in [-0.1, -0.05) is 45.7 Å². The van der Waals surface area contributed by atoms with Crippen LogP contribution in [0.3, 0.4) is 0 Å². The SMILES string of the molecule is Nc1cc(Br)cc(-c2nnnn2Cc2ccccc2Cl)c1. The Morgan fingerprint density at radius 2 is 2.00 bits per heavy atom. The summed E-state index contributed by atoms with van der Waals surface area (Å²) in [6.45, 7) is 0.494. The lowest BCUT2D eigenvalue weighted by atomic mass is 10.2. The number of halogens is 2. The summed E-state index contributed by atoms with van der Waals surface area (Å²) in [5.41, 5.74) is 8.31. The molecule has 0 atom stereocenters. The van der Waals surface area contributed by atoms with Crippen molar-refractivity contribution in [3.8, 4) is 11.4 Å². The van der Waals surface area contributed by atoms with Crippen LogP contribution in [0.5, 0.6) is 0 Å². The number of benzene rings is 2. The summed E-state index contributed by atoms with van der Waals surface area (Å²) in [6.07, 6.45) is 0. The zero-order chi connectivity index (χ0) is 14.8. The number of anilines is 1. The number of nitrogens with zero attached hydrogens (tertiary/aromatic N) is 4. The van der Waals surface area contributed by atoms with Crippen LogP contribution in [0.2, 0.25) is 5.02 Å². The van der Waals surface area contributed by atoms with Crippen LogP contribution >= 0.6 is 27.5 Å². The number of hydrogen-bond acceptors (Lipinski definition) is 4. The first-order chi connectivity index (χ1) is 10.1. The van der Waals surface area contributed by atoms with Crippen LogP contribution < -0.4 is 5.73 Å². The average molecular weight is 365 g/mol. The third kappa shape index (κ3) is 3.06. The first-order valence-electron chi connectivity index (χ1n) is 6.19. The van der Waals surface area contributed by atoms with Crippen LogP contribution in [-0.4, -0.2) is 20.2 Å². The summed E-state index contributed by atoms with van der Waals surface area (Å²) in [7, 11) is 0. The Morgan fingerprint density at radius 1 is 1.19 bits per heavy atom. The largest absolute Gasteiger partial charge is 0.399 e. The van der Waals surface area contributed by atoms with Gasteiger partial charge >= 0.3 is 0 Å². The second kappa shape index (κ2) is 5.83. The van der Waals surface area contributed by atoms with Gasteiger partial charge in [-0.2, -0.15) is 0 Å². The molecule has 0 unspecified atom stereocenters. The molecule has 0 aliphatic rings. The number of rotatable bonds is 3. The van der Waals surface area contributed by atoms with Gasteiger partial charge in [0.25, 0.3) is 0 Å². The maximum absolute atomic E-state index is 6.18. The zero-order valence-corrected chi connectivity index (χ0v) is 13.2. The Kier molecular flexibility index (Phi) is 3.90. The van der Waals surface area contributed by atoms with E-state index in [9.17, 15) is 0 Å². The molecule has 7 heteroatoms. The van der Waals surface area contributed by atoms with Crippen molar-refractivity contribution in [3.05, 3.63) is 57.5 Å². The van der Waals surface area contributed by atoms with Crippen molar-refractivity contribution in [3.63, 3.8) is 0 Å². The van der Waals surface area contributed by atoms with Crippen molar-refractivity contribution >= 4 is 33.2 Å². The van der Waals surface area contributed by atoms with Crippen molar-refractivity contribution in [2.24, 2.45) is 0 Å². The van der Waals surface area contributed by atoms with Gasteiger partial charge < -0.3 is 5.73 Å². The van der Waals surface area contributed by atoms with E-state index in [4.69, 9.17) is 17.3 Å². The van der Waals surface area contributed by atoms with E-state index in [1.165, 1.54) is 0 Å². The zero-order valence-electron chi connectivity index (χ0n) is 10.9. The maximum Gasteiger partial charge on any atom is 0.182 e. The number of nitrogens with two attached hydrogens (primary N) is 1. The molecule has 0 spiro atoms. The van der Waals surface area contributed by atoms with Gasteiger partial charge in [0, 0.05) is 20.7 Å². The molecule has 2 N–H and O–H groups in total. The van der Waals surface area contributed by atoms with Crippen LogP contribution in [0.25, 0.3) is 11.4 Å². The molecule has 21 heavy (non-hydrogen) atoms. The van der Waals surface area contributed by atoms with Gasteiger partial charge in [0.2, 0.25) is 0 Å². The van der Waals surface area contributed by atoms with Gasteiger partial charge in [0.15, 0.2) is 5.82 Å². The highest BCUT2D eigenvalue weighted by molar-refractivity contribution is 9.10. The molecule has 2 aromatic carbocycles. The molecule has 0 aliphatic heterocycles. The molecule has 106 valence electrons. The molecule has 0 amide bonds. The van der Waals surface area contributed by atoms with Gasteiger partial charge in [-0.15, -0.1) is 5.10 Å². The fourth-order valence-corrected chi connectivity index (χ4v) is 2.75. The average Bonchev–Trinajstić information content (AvgIpc) is 2.88. The van der Waals surface area contributed by atoms with Crippen molar-refractivity contribution < 1.29 is 0 Å². The molecule has 0 aliphatic carbocycles. The summed E-state index contributed by atoms with van der Waals surface area (Å²) in [4.78, 5) is 0. The first kappa shape index (κ1) is 14.0. The number of tetrazole rings is 1. The highest BCUT2D eigenvalue weighted by Crippen LogP contribution is 2.25. The van der Waals surface area contributed by atoms with Crippen LogP contribution in [0.1, 0.15) is 5.56 Å². The first-order valence-corrected chi connectivity index (χ1v) is 7.36. The lowest BCUT2D eigenvalue weighted by molar-refractivity contribution is 0.653. The van der Waals surface area contributed by atoms with Crippen molar-refractivity contribution in [1.82, 2.24) is 20.2 Å². The maximum atomic E-state index is 6.18. The molecule has 0 saturated carbocycles. The quantitative estimate of drug-likeness (QED) is 0.723. The molecule has 1 heterocycles. The minimum absolute atomic E-state index is 0.494. The Bertz CT molecular complexity index is 766. The summed E-state index contributed by atoms with van der Waals surface area (Å²) in [6, 6.07) is 13.2. The lowest BCUT2D eigenvalue weighted by Gasteiger charge is -2.07. The second-order valence-electron chi connectivity index (χ2n) is 4.52. The Labute approximate surface area is 134 Å². The van der Waals surface area contributed by atoms with Crippen LogP contribution in [0, 0.1) is 0 Å². The van der Waals surface area contributed by atoms with Crippen LogP contribution in [-0.2, 0) is 6.54 Å². The smallest absolute Gasteiger partial charge is 0.182 e. The van der Waals surface area contributed by atoms with E-state index in [2.05, 4.69) is 31.5 Å². The van der Waals surface area contributed by atoms with E-state index in [1.54, 1.807) is 4.68 Å². The van der Waals surface area contributed by atoms with Gasteiger partial charge in [0.1, 0.15) is 0 Å². The van der Waals surface area contributed by atoms with Gasteiger partial charge in [0.05, 0.1) is 6.54 Å². The Hall–Kier alpha value is -1.92. The highest BCUT2D eigenvalue weighted by Gasteiger charge is 2.11. The Morgan fingerprint density at radius 3 is 2.76 bits per heavy atom. The summed E-state index contributed by atoms with van der Waals surface area (Å²) in [5, 5.41) is 12.5. The molecule has 5 nitrogen and oxygen atoms in total. The van der Waals surface area contributed by atoms with E-state index in [0.717, 1.165) is 15.6 Å². The molecular weight excluding hydrogens is 354 g/mol. The van der Waals surface area contributed by atoms with E-state index in [-0.39, 0.29) is 0 Å². The summed E-state index contributed by atoms with van der Waals surface area (Å²) in [5.74, 6) is 0.642. The van der Waals surface area contributed by atoms with Crippen molar-refractivity contribution in [2.75, 3.05) is 5.73 Å². The van der Waals surface area contributed by atoms with Gasteiger partial charge in [-0.3, -0.25) is 0 Å². The fraction of sp³-hybridized carbons (Fsp3) is 0.0714. The minimum atomic E-state index is 0.494. The molecule has 0 saturated heterocycles. The third-order valence-corrected chi connectivity index (χ3v) is 3.81. The van der Waals surface area contributed by atoms with E-state index >= 15 is 0 Å². The molecular formula is C14H11BrClN5. The summed E-state index contributed by atoms with van der Waals surface area (Å²) >= 11 is 9.60. The number of aromatic nitrogens is 4. The van der Waals surface area contributed by atoms with Crippen molar-refractivity contribution in [2.45, 2.75) is 6.54 Å². The topological polar surface area (TPSA) is 69.6 Å². The van der Waals surface area contributed by atoms with Crippen molar-refractivity contribution in [1.29, 1.82) is 0 Å². The third-order valence-electron chi connectivity index (χ3n) is 2.99. The highest BCUT2D eigenvalue weighted by atomic mass is 79.9. The van der Waals surface area contributed by atoms with Crippen LogP contribution in [0.4, 0.5) is 5.69 Å². The molecule has 0 bridgehead atoms. The molecule has 3 rings (SSSR count). The monoisotopic (exact) mass is 363 g/mol. The van der Waals surface area contributed by atoms with E-state index < -0.39 is 0 Å². The standard InChI is InChI=1S/C14H11BrClN5/c15-11-5-10(6-12(17)7-11)14-18-19-20-21(14)8-9-3-1-2-4-13(9)16/h1-7H,8,17H2. The normalized spacial score (nSPS) is 10.8. The predicted molar refractivity (Wildman–Crippen MR) is 85.9 cm³/mol.